The Hall–Kier alpha value is -1.45. The molecule has 140 valence electrons. The molecule has 1 saturated carbocycles. The first-order valence-corrected chi connectivity index (χ1v) is 10.4. The molecule has 1 aromatic rings. The van der Waals surface area contributed by atoms with Crippen LogP contribution >= 0.6 is 0 Å². The van der Waals surface area contributed by atoms with Gasteiger partial charge in [-0.25, -0.2) is 8.42 Å². The number of aryl methyl sites for hydroxylation is 1. The maximum Gasteiger partial charge on any atom is 0.246 e. The lowest BCUT2D eigenvalue weighted by molar-refractivity contribution is -0.123. The fraction of sp³-hybridized carbons (Fsp3) is 0.750. The monoisotopic (exact) mass is 369 g/mol. The number of hydrogen-bond acceptors (Lipinski definition) is 5. The molecule has 1 saturated heterocycles. The second-order valence-corrected chi connectivity index (χ2v) is 8.87. The summed E-state index contributed by atoms with van der Waals surface area (Å²) in [6.45, 7) is 2.27. The third kappa shape index (κ3) is 4.59. The van der Waals surface area contributed by atoms with Crippen LogP contribution in [0.15, 0.2) is 17.3 Å². The van der Waals surface area contributed by atoms with Gasteiger partial charge in [0.1, 0.15) is 4.90 Å². The van der Waals surface area contributed by atoms with Gasteiger partial charge in [-0.05, 0) is 12.8 Å². The van der Waals surface area contributed by atoms with Crippen LogP contribution in [0.2, 0.25) is 0 Å². The topological polar surface area (TPSA) is 87.5 Å². The minimum Gasteiger partial charge on any atom is -0.352 e. The van der Waals surface area contributed by atoms with Crippen LogP contribution in [0.4, 0.5) is 0 Å². The van der Waals surface area contributed by atoms with Crippen LogP contribution in [-0.2, 0) is 21.9 Å². The van der Waals surface area contributed by atoms with Gasteiger partial charge in [-0.1, -0.05) is 19.3 Å². The molecule has 1 N–H and O–H groups in total. The van der Waals surface area contributed by atoms with Gasteiger partial charge in [-0.3, -0.25) is 14.4 Å². The Balaban J connectivity index is 1.47. The zero-order chi connectivity index (χ0) is 17.9. The summed E-state index contributed by atoms with van der Waals surface area (Å²) in [5.74, 6) is 0.0514. The fourth-order valence-corrected chi connectivity index (χ4v) is 4.94. The van der Waals surface area contributed by atoms with Gasteiger partial charge in [0.25, 0.3) is 0 Å². The van der Waals surface area contributed by atoms with Crippen LogP contribution in [0, 0.1) is 0 Å². The van der Waals surface area contributed by atoms with E-state index in [1.54, 1.807) is 7.05 Å². The van der Waals surface area contributed by atoms with Crippen molar-refractivity contribution in [2.75, 3.05) is 32.7 Å². The lowest BCUT2D eigenvalue weighted by Crippen LogP contribution is -2.51. The summed E-state index contributed by atoms with van der Waals surface area (Å²) in [4.78, 5) is 14.4. The van der Waals surface area contributed by atoms with Gasteiger partial charge >= 0.3 is 0 Å². The zero-order valence-corrected chi connectivity index (χ0v) is 15.5. The number of nitrogens with zero attached hydrogens (tertiary/aromatic N) is 4. The first-order chi connectivity index (χ1) is 11.9. The minimum atomic E-state index is -3.49. The Morgan fingerprint density at radius 1 is 1.20 bits per heavy atom. The molecule has 0 atom stereocenters. The maximum atomic E-state index is 12.6. The molecule has 1 aliphatic carbocycles. The summed E-state index contributed by atoms with van der Waals surface area (Å²) in [5.41, 5.74) is 0. The normalized spacial score (nSPS) is 21.3. The first kappa shape index (κ1) is 18.3. The van der Waals surface area contributed by atoms with Gasteiger partial charge in [0, 0.05) is 45.5 Å². The van der Waals surface area contributed by atoms with Crippen molar-refractivity contribution in [1.82, 2.24) is 24.3 Å². The molecule has 2 fully saturated rings. The lowest BCUT2D eigenvalue weighted by atomic mass is 9.95. The molecular formula is C16H27N5O3S. The van der Waals surface area contributed by atoms with E-state index >= 15 is 0 Å². The second kappa shape index (κ2) is 7.84. The van der Waals surface area contributed by atoms with Crippen LogP contribution < -0.4 is 5.32 Å². The second-order valence-electron chi connectivity index (χ2n) is 6.93. The molecular weight excluding hydrogens is 342 g/mol. The molecule has 1 aliphatic heterocycles. The van der Waals surface area contributed by atoms with Crippen molar-refractivity contribution in [1.29, 1.82) is 0 Å². The van der Waals surface area contributed by atoms with Crippen molar-refractivity contribution in [3.8, 4) is 0 Å². The Morgan fingerprint density at radius 3 is 2.48 bits per heavy atom. The van der Waals surface area contributed by atoms with E-state index in [0.717, 1.165) is 12.8 Å². The van der Waals surface area contributed by atoms with Crippen LogP contribution in [0.1, 0.15) is 32.1 Å². The maximum absolute atomic E-state index is 12.6. The summed E-state index contributed by atoms with van der Waals surface area (Å²) in [7, 11) is -1.80. The number of piperazine rings is 1. The number of amides is 1. The largest absolute Gasteiger partial charge is 0.352 e. The number of aromatic nitrogens is 2. The van der Waals surface area contributed by atoms with Crippen molar-refractivity contribution in [2.24, 2.45) is 7.05 Å². The molecule has 9 heteroatoms. The molecule has 1 aromatic heterocycles. The summed E-state index contributed by atoms with van der Waals surface area (Å²) < 4.78 is 28.1. The molecule has 0 aromatic carbocycles. The summed E-state index contributed by atoms with van der Waals surface area (Å²) >= 11 is 0. The van der Waals surface area contributed by atoms with E-state index in [4.69, 9.17) is 0 Å². The average molecular weight is 369 g/mol. The molecule has 2 aliphatic rings. The molecule has 2 heterocycles. The molecule has 1 amide bonds. The molecule has 3 rings (SSSR count). The van der Waals surface area contributed by atoms with Crippen molar-refractivity contribution < 1.29 is 13.2 Å². The summed E-state index contributed by atoms with van der Waals surface area (Å²) in [6.07, 6.45) is 8.68. The van der Waals surface area contributed by atoms with Gasteiger partial charge in [0.15, 0.2) is 0 Å². The lowest BCUT2D eigenvalue weighted by Gasteiger charge is -2.33. The standard InChI is InChI=1S/C16H27N5O3S/c1-19-12-15(11-17-19)25(23,24)21-9-7-20(8-10-21)13-16(22)18-14-5-3-2-4-6-14/h11-12,14H,2-10,13H2,1H3,(H,18,22). The van der Waals surface area contributed by atoms with Gasteiger partial charge in [-0.15, -0.1) is 0 Å². The van der Waals surface area contributed by atoms with Gasteiger partial charge in [-0.2, -0.15) is 9.40 Å². The van der Waals surface area contributed by atoms with Crippen LogP contribution in [-0.4, -0.2) is 72.1 Å². The highest BCUT2D eigenvalue weighted by atomic mass is 32.2. The summed E-state index contributed by atoms with van der Waals surface area (Å²) in [5, 5.41) is 7.05. The van der Waals surface area contributed by atoms with Gasteiger partial charge in [0.05, 0.1) is 12.7 Å². The third-order valence-electron chi connectivity index (χ3n) is 4.99. The smallest absolute Gasteiger partial charge is 0.246 e. The molecule has 25 heavy (non-hydrogen) atoms. The predicted octanol–water partition coefficient (Wildman–Crippen LogP) is 0.175. The number of sulfonamides is 1. The minimum absolute atomic E-state index is 0.0514. The SMILES string of the molecule is Cn1cc(S(=O)(=O)N2CCN(CC(=O)NC3CCCCC3)CC2)cn1. The highest BCUT2D eigenvalue weighted by Crippen LogP contribution is 2.18. The first-order valence-electron chi connectivity index (χ1n) is 8.95. The molecule has 8 nitrogen and oxygen atoms in total. The van der Waals surface area contributed by atoms with E-state index in [-0.39, 0.29) is 10.8 Å². The Labute approximate surface area is 149 Å². The molecule has 0 unspecified atom stereocenters. The van der Waals surface area contributed by atoms with Crippen molar-refractivity contribution in [2.45, 2.75) is 43.0 Å². The van der Waals surface area contributed by atoms with Crippen LogP contribution in [0.3, 0.4) is 0 Å². The van der Waals surface area contributed by atoms with E-state index < -0.39 is 10.0 Å². The van der Waals surface area contributed by atoms with Crippen LogP contribution in [0.25, 0.3) is 0 Å². The number of rotatable bonds is 5. The number of hydrogen-bond donors (Lipinski definition) is 1. The van der Waals surface area contributed by atoms with E-state index in [9.17, 15) is 13.2 Å². The van der Waals surface area contributed by atoms with E-state index in [2.05, 4.69) is 10.4 Å². The Morgan fingerprint density at radius 2 is 1.88 bits per heavy atom. The quantitative estimate of drug-likeness (QED) is 0.800. The molecule has 0 radical (unpaired) electrons. The van der Waals surface area contributed by atoms with Gasteiger partial charge in [0.2, 0.25) is 15.9 Å². The van der Waals surface area contributed by atoms with Crippen molar-refractivity contribution >= 4 is 15.9 Å². The van der Waals surface area contributed by atoms with Crippen molar-refractivity contribution in [3.05, 3.63) is 12.4 Å². The fourth-order valence-electron chi connectivity index (χ4n) is 3.53. The van der Waals surface area contributed by atoms with Gasteiger partial charge < -0.3 is 5.32 Å². The zero-order valence-electron chi connectivity index (χ0n) is 14.7. The Bertz CT molecular complexity index is 688. The highest BCUT2D eigenvalue weighted by Gasteiger charge is 2.30. The van der Waals surface area contributed by atoms with Crippen molar-refractivity contribution in [3.63, 3.8) is 0 Å². The number of nitrogens with one attached hydrogen (secondary N) is 1. The highest BCUT2D eigenvalue weighted by molar-refractivity contribution is 7.89. The van der Waals surface area contributed by atoms with Crippen LogP contribution in [0.5, 0.6) is 0 Å². The van der Waals surface area contributed by atoms with E-state index in [1.165, 1.54) is 40.6 Å². The average Bonchev–Trinajstić information content (AvgIpc) is 3.03. The Kier molecular flexibility index (Phi) is 5.75. The van der Waals surface area contributed by atoms with E-state index in [1.807, 2.05) is 4.90 Å². The van der Waals surface area contributed by atoms with E-state index in [0.29, 0.717) is 38.8 Å². The number of carbonyl (C=O) groups excluding carboxylic acids is 1. The molecule has 0 bridgehead atoms. The third-order valence-corrected chi connectivity index (χ3v) is 6.84. The summed E-state index contributed by atoms with van der Waals surface area (Å²) in [6, 6.07) is 0.313. The molecule has 0 spiro atoms. The number of carbonyl (C=O) groups is 1. The predicted molar refractivity (Wildman–Crippen MR) is 93.4 cm³/mol.